The van der Waals surface area contributed by atoms with Crippen LogP contribution in [-0.2, 0) is 6.42 Å². The minimum absolute atomic E-state index is 0.131. The number of aryl methyl sites for hydroxylation is 1. The van der Waals surface area contributed by atoms with E-state index in [4.69, 9.17) is 4.52 Å². The molecule has 0 unspecified atom stereocenters. The highest BCUT2D eigenvalue weighted by Gasteiger charge is 2.16. The van der Waals surface area contributed by atoms with Crippen LogP contribution in [0.2, 0.25) is 0 Å². The van der Waals surface area contributed by atoms with Crippen molar-refractivity contribution in [3.8, 4) is 11.4 Å². The Morgan fingerprint density at radius 2 is 2.16 bits per heavy atom. The van der Waals surface area contributed by atoms with E-state index in [-0.39, 0.29) is 5.56 Å². The van der Waals surface area contributed by atoms with Crippen LogP contribution in [0.5, 0.6) is 0 Å². The molecular weight excluding hydrogens is 242 g/mol. The molecule has 5 nitrogen and oxygen atoms in total. The molecule has 0 atom stereocenters. The Morgan fingerprint density at radius 1 is 1.32 bits per heavy atom. The summed E-state index contributed by atoms with van der Waals surface area (Å²) in [6, 6.07) is 3.16. The maximum atomic E-state index is 11.0. The van der Waals surface area contributed by atoms with Crippen LogP contribution in [0.3, 0.4) is 0 Å². The highest BCUT2D eigenvalue weighted by Crippen LogP contribution is 2.28. The van der Waals surface area contributed by atoms with E-state index >= 15 is 0 Å². The lowest BCUT2D eigenvalue weighted by atomic mass is 10.0. The standard InChI is InChI=1S/C14H17N3O2/c18-12-7-6-11(9-15-12)14-16-13(19-17-14)8-5-10-3-1-2-4-10/h6-7,9-10H,1-5,8H2,(H,15,18). The first-order valence-electron chi connectivity index (χ1n) is 6.83. The molecule has 1 fully saturated rings. The molecule has 2 heterocycles. The van der Waals surface area contributed by atoms with Crippen LogP contribution in [0, 0.1) is 5.92 Å². The zero-order valence-corrected chi connectivity index (χ0v) is 10.8. The van der Waals surface area contributed by atoms with Crippen molar-refractivity contribution in [3.63, 3.8) is 0 Å². The smallest absolute Gasteiger partial charge is 0.247 e. The number of pyridine rings is 1. The number of nitrogens with one attached hydrogen (secondary N) is 1. The predicted molar refractivity (Wildman–Crippen MR) is 70.6 cm³/mol. The Hall–Kier alpha value is -1.91. The molecule has 0 amide bonds. The number of nitrogens with zero attached hydrogens (tertiary/aromatic N) is 2. The monoisotopic (exact) mass is 259 g/mol. The van der Waals surface area contributed by atoms with Crippen molar-refractivity contribution in [3.05, 3.63) is 34.6 Å². The summed E-state index contributed by atoms with van der Waals surface area (Å²) < 4.78 is 5.26. The van der Waals surface area contributed by atoms with Crippen molar-refractivity contribution in [2.75, 3.05) is 0 Å². The number of aromatic nitrogens is 3. The van der Waals surface area contributed by atoms with Crippen LogP contribution >= 0.6 is 0 Å². The molecule has 100 valence electrons. The van der Waals surface area contributed by atoms with Gasteiger partial charge in [0.1, 0.15) is 0 Å². The number of aromatic amines is 1. The van der Waals surface area contributed by atoms with Crippen molar-refractivity contribution in [2.24, 2.45) is 5.92 Å². The molecule has 5 heteroatoms. The van der Waals surface area contributed by atoms with E-state index in [1.54, 1.807) is 12.3 Å². The minimum Gasteiger partial charge on any atom is -0.339 e. The topological polar surface area (TPSA) is 71.8 Å². The zero-order chi connectivity index (χ0) is 13.1. The summed E-state index contributed by atoms with van der Waals surface area (Å²) in [5.41, 5.74) is 0.643. The SMILES string of the molecule is O=c1ccc(-c2noc(CCC3CCCC3)n2)c[nH]1. The van der Waals surface area contributed by atoms with E-state index in [1.807, 2.05) is 0 Å². The lowest BCUT2D eigenvalue weighted by molar-refractivity contribution is 0.362. The van der Waals surface area contributed by atoms with E-state index in [0.29, 0.717) is 11.7 Å². The molecule has 1 aliphatic rings. The van der Waals surface area contributed by atoms with Gasteiger partial charge in [0.2, 0.25) is 17.3 Å². The van der Waals surface area contributed by atoms with Crippen LogP contribution in [0.15, 0.2) is 27.6 Å². The lowest BCUT2D eigenvalue weighted by Gasteiger charge is -2.04. The molecule has 0 spiro atoms. The fourth-order valence-electron chi connectivity index (χ4n) is 2.65. The third-order valence-electron chi connectivity index (χ3n) is 3.75. The number of hydrogen-bond acceptors (Lipinski definition) is 4. The summed E-state index contributed by atoms with van der Waals surface area (Å²) >= 11 is 0. The van der Waals surface area contributed by atoms with Gasteiger partial charge in [0.25, 0.3) is 0 Å². The van der Waals surface area contributed by atoms with Gasteiger partial charge in [-0.1, -0.05) is 30.8 Å². The first-order valence-corrected chi connectivity index (χ1v) is 6.83. The Kier molecular flexibility index (Phi) is 3.44. The summed E-state index contributed by atoms with van der Waals surface area (Å²) in [5.74, 6) is 2.05. The summed E-state index contributed by atoms with van der Waals surface area (Å²) in [5, 5.41) is 3.95. The molecule has 0 radical (unpaired) electrons. The summed E-state index contributed by atoms with van der Waals surface area (Å²) in [7, 11) is 0. The third kappa shape index (κ3) is 2.92. The molecule has 0 aromatic carbocycles. The molecule has 19 heavy (non-hydrogen) atoms. The Morgan fingerprint density at radius 3 is 2.89 bits per heavy atom. The summed E-state index contributed by atoms with van der Waals surface area (Å²) in [6.45, 7) is 0. The lowest BCUT2D eigenvalue weighted by Crippen LogP contribution is -2.01. The third-order valence-corrected chi connectivity index (χ3v) is 3.75. The van der Waals surface area contributed by atoms with Gasteiger partial charge in [-0.15, -0.1) is 0 Å². The number of H-pyrrole nitrogens is 1. The molecule has 1 saturated carbocycles. The molecule has 1 N–H and O–H groups in total. The van der Waals surface area contributed by atoms with Crippen molar-refractivity contribution in [2.45, 2.75) is 38.5 Å². The van der Waals surface area contributed by atoms with E-state index in [2.05, 4.69) is 15.1 Å². The normalized spacial score (nSPS) is 16.0. The minimum atomic E-state index is -0.131. The molecule has 0 aliphatic heterocycles. The van der Waals surface area contributed by atoms with Gasteiger partial charge >= 0.3 is 0 Å². The van der Waals surface area contributed by atoms with Crippen molar-refractivity contribution in [1.29, 1.82) is 0 Å². The molecule has 2 aromatic rings. The van der Waals surface area contributed by atoms with E-state index < -0.39 is 0 Å². The summed E-state index contributed by atoms with van der Waals surface area (Å²) in [4.78, 5) is 18.0. The average Bonchev–Trinajstić information content (AvgIpc) is 3.09. The summed E-state index contributed by atoms with van der Waals surface area (Å²) in [6.07, 6.45) is 8.97. The van der Waals surface area contributed by atoms with Gasteiger partial charge in [0.15, 0.2) is 0 Å². The van der Waals surface area contributed by atoms with Crippen LogP contribution in [0.4, 0.5) is 0 Å². The van der Waals surface area contributed by atoms with Gasteiger partial charge in [0.05, 0.1) is 0 Å². The van der Waals surface area contributed by atoms with Gasteiger partial charge in [-0.25, -0.2) is 0 Å². The fraction of sp³-hybridized carbons (Fsp3) is 0.500. The number of rotatable bonds is 4. The molecule has 1 aliphatic carbocycles. The van der Waals surface area contributed by atoms with Crippen LogP contribution in [-0.4, -0.2) is 15.1 Å². The predicted octanol–water partition coefficient (Wildman–Crippen LogP) is 2.55. The second-order valence-electron chi connectivity index (χ2n) is 5.14. The van der Waals surface area contributed by atoms with Gasteiger partial charge in [-0.2, -0.15) is 4.98 Å². The van der Waals surface area contributed by atoms with Crippen molar-refractivity contribution in [1.82, 2.24) is 15.1 Å². The Labute approximate surface area is 111 Å². The van der Waals surface area contributed by atoms with Gasteiger partial charge < -0.3 is 9.51 Å². The fourth-order valence-corrected chi connectivity index (χ4v) is 2.65. The van der Waals surface area contributed by atoms with Crippen LogP contribution in [0.25, 0.3) is 11.4 Å². The van der Waals surface area contributed by atoms with E-state index in [0.717, 1.165) is 24.3 Å². The molecule has 2 aromatic heterocycles. The quantitative estimate of drug-likeness (QED) is 0.915. The largest absolute Gasteiger partial charge is 0.339 e. The second kappa shape index (κ2) is 5.38. The highest BCUT2D eigenvalue weighted by atomic mass is 16.5. The average molecular weight is 259 g/mol. The van der Waals surface area contributed by atoms with Crippen LogP contribution < -0.4 is 5.56 Å². The first kappa shape index (κ1) is 12.1. The molecule has 0 saturated heterocycles. The Bertz CT molecular complexity index is 576. The van der Waals surface area contributed by atoms with E-state index in [9.17, 15) is 4.79 Å². The maximum Gasteiger partial charge on any atom is 0.247 e. The molecule has 3 rings (SSSR count). The highest BCUT2D eigenvalue weighted by molar-refractivity contribution is 5.51. The zero-order valence-electron chi connectivity index (χ0n) is 10.8. The van der Waals surface area contributed by atoms with Gasteiger partial charge in [-0.05, 0) is 18.4 Å². The van der Waals surface area contributed by atoms with Gasteiger partial charge in [0, 0.05) is 24.2 Å². The van der Waals surface area contributed by atoms with E-state index in [1.165, 1.54) is 31.7 Å². The van der Waals surface area contributed by atoms with Crippen LogP contribution in [0.1, 0.15) is 38.0 Å². The molecular formula is C14H17N3O2. The number of hydrogen-bond donors (Lipinski definition) is 1. The molecule has 0 bridgehead atoms. The maximum absolute atomic E-state index is 11.0. The van der Waals surface area contributed by atoms with Crippen molar-refractivity contribution >= 4 is 0 Å². The Balaban J connectivity index is 1.65. The second-order valence-corrected chi connectivity index (χ2v) is 5.14. The first-order chi connectivity index (χ1) is 9.31. The van der Waals surface area contributed by atoms with Gasteiger partial charge in [-0.3, -0.25) is 4.79 Å². The van der Waals surface area contributed by atoms with Crippen molar-refractivity contribution < 1.29 is 4.52 Å².